The summed E-state index contributed by atoms with van der Waals surface area (Å²) in [6.07, 6.45) is 10.9. The van der Waals surface area contributed by atoms with Crippen molar-refractivity contribution in [3.05, 3.63) is 71.6 Å². The lowest BCUT2D eigenvalue weighted by atomic mass is 9.94. The van der Waals surface area contributed by atoms with Crippen molar-refractivity contribution >= 4 is 28.7 Å². The Morgan fingerprint density at radius 2 is 1.97 bits per heavy atom. The summed E-state index contributed by atoms with van der Waals surface area (Å²) in [6.45, 7) is 2.17. The number of aromatic nitrogens is 2. The maximum Gasteiger partial charge on any atom is 0.220 e. The van der Waals surface area contributed by atoms with Crippen LogP contribution in [0, 0.1) is 5.41 Å². The Bertz CT molecular complexity index is 1020. The Morgan fingerprint density at radius 3 is 2.72 bits per heavy atom. The molecule has 1 aliphatic carbocycles. The van der Waals surface area contributed by atoms with E-state index in [4.69, 9.17) is 15.9 Å². The maximum absolute atomic E-state index is 8.44. The molecule has 0 saturated carbocycles. The molecule has 3 N–H and O–H groups in total. The molecule has 148 valence electrons. The van der Waals surface area contributed by atoms with E-state index in [0.717, 1.165) is 35.5 Å². The largest absolute Gasteiger partial charge is 0.495 e. The number of nitrogens with two attached hydrogens (primary N) is 1. The Morgan fingerprint density at radius 1 is 1.14 bits per heavy atom. The number of rotatable bonds is 4. The number of ether oxygens (including phenoxy) is 1. The highest BCUT2D eigenvalue weighted by atomic mass is 16.5. The van der Waals surface area contributed by atoms with E-state index in [9.17, 15) is 0 Å². The van der Waals surface area contributed by atoms with Gasteiger partial charge >= 0.3 is 0 Å². The van der Waals surface area contributed by atoms with Crippen LogP contribution in [0.3, 0.4) is 0 Å². The smallest absolute Gasteiger partial charge is 0.220 e. The number of nitrogens with one attached hydrogen (secondary N) is 1. The molecule has 2 heterocycles. The van der Waals surface area contributed by atoms with Crippen molar-refractivity contribution in [1.82, 2.24) is 9.97 Å². The number of anilines is 2. The van der Waals surface area contributed by atoms with E-state index in [0.29, 0.717) is 11.5 Å². The molecule has 4 rings (SSSR count). The van der Waals surface area contributed by atoms with Crippen molar-refractivity contribution in [2.75, 3.05) is 30.8 Å². The molecule has 1 fully saturated rings. The minimum absolute atomic E-state index is 0.226. The Balaban J connectivity index is 1.75. The third kappa shape index (κ3) is 4.06. The van der Waals surface area contributed by atoms with Gasteiger partial charge in [-0.15, -0.1) is 0 Å². The molecular weight excluding hydrogens is 362 g/mol. The molecule has 0 bridgehead atoms. The molecule has 0 spiro atoms. The predicted octanol–water partition coefficient (Wildman–Crippen LogP) is 4.08. The number of nitrogens with zero attached hydrogens (tertiary/aromatic N) is 3. The van der Waals surface area contributed by atoms with Crippen LogP contribution < -0.4 is 10.6 Å². The number of nitrogen functional groups attached to an aromatic ring is 1. The molecule has 0 unspecified atom stereocenters. The summed E-state index contributed by atoms with van der Waals surface area (Å²) in [4.78, 5) is 10.7. The zero-order chi connectivity index (χ0) is 20.2. The van der Waals surface area contributed by atoms with Crippen molar-refractivity contribution in [3.8, 4) is 0 Å². The zero-order valence-electron chi connectivity index (χ0n) is 16.6. The predicted molar refractivity (Wildman–Crippen MR) is 118 cm³/mol. The molecule has 6 nitrogen and oxygen atoms in total. The second kappa shape index (κ2) is 8.31. The average molecular weight is 387 g/mol. The Labute approximate surface area is 170 Å². The molecule has 1 aliphatic heterocycles. The molecule has 1 saturated heterocycles. The number of allylic oxidation sites excluding steroid dienone is 5. The van der Waals surface area contributed by atoms with Crippen molar-refractivity contribution in [2.24, 2.45) is 0 Å². The third-order valence-electron chi connectivity index (χ3n) is 5.27. The van der Waals surface area contributed by atoms with Crippen molar-refractivity contribution in [3.63, 3.8) is 0 Å². The van der Waals surface area contributed by atoms with Gasteiger partial charge in [0.1, 0.15) is 5.76 Å². The lowest BCUT2D eigenvalue weighted by Gasteiger charge is -2.29. The van der Waals surface area contributed by atoms with E-state index in [1.54, 1.807) is 19.4 Å². The van der Waals surface area contributed by atoms with Gasteiger partial charge in [0, 0.05) is 41.7 Å². The van der Waals surface area contributed by atoms with Gasteiger partial charge in [0.15, 0.2) is 0 Å². The van der Waals surface area contributed by atoms with Crippen LogP contribution in [0.5, 0.6) is 0 Å². The van der Waals surface area contributed by atoms with Crippen molar-refractivity contribution in [1.29, 1.82) is 5.41 Å². The van der Waals surface area contributed by atoms with E-state index in [1.165, 1.54) is 24.9 Å². The summed E-state index contributed by atoms with van der Waals surface area (Å²) in [5.74, 6) is 0.905. The fourth-order valence-electron chi connectivity index (χ4n) is 3.81. The van der Waals surface area contributed by atoms with Crippen LogP contribution in [0.1, 0.15) is 30.5 Å². The first-order chi connectivity index (χ1) is 14.2. The molecule has 0 radical (unpaired) electrons. The maximum atomic E-state index is 8.44. The number of methoxy groups -OCH3 is 1. The SMILES string of the molecule is CO/C(=C1/C=C(c2ccnc(N)n2)C=CC1=N)c1cccc(N2CCCCC2)c1. The Kier molecular flexibility index (Phi) is 5.42. The highest BCUT2D eigenvalue weighted by molar-refractivity contribution is 6.16. The first-order valence-electron chi connectivity index (χ1n) is 9.87. The van der Waals surface area contributed by atoms with Crippen LogP contribution >= 0.6 is 0 Å². The van der Waals surface area contributed by atoms with Gasteiger partial charge in [-0.25, -0.2) is 9.97 Å². The molecule has 6 heteroatoms. The summed E-state index contributed by atoms with van der Waals surface area (Å²) in [6, 6.07) is 10.2. The normalized spacial score (nSPS) is 18.4. The molecule has 29 heavy (non-hydrogen) atoms. The number of piperidine rings is 1. The zero-order valence-corrected chi connectivity index (χ0v) is 16.6. The van der Waals surface area contributed by atoms with Crippen LogP contribution in [-0.2, 0) is 4.74 Å². The van der Waals surface area contributed by atoms with E-state index < -0.39 is 0 Å². The molecule has 2 aliphatic rings. The van der Waals surface area contributed by atoms with E-state index in [2.05, 4.69) is 33.1 Å². The monoisotopic (exact) mass is 387 g/mol. The summed E-state index contributed by atoms with van der Waals surface area (Å²) in [5.41, 5.74) is 10.6. The van der Waals surface area contributed by atoms with Gasteiger partial charge in [-0.1, -0.05) is 18.2 Å². The minimum Gasteiger partial charge on any atom is -0.495 e. The second-order valence-corrected chi connectivity index (χ2v) is 7.19. The lowest BCUT2D eigenvalue weighted by Crippen LogP contribution is -2.29. The molecular formula is C23H25N5O. The molecule has 1 aromatic heterocycles. The van der Waals surface area contributed by atoms with Crippen LogP contribution in [0.4, 0.5) is 11.6 Å². The summed E-state index contributed by atoms with van der Waals surface area (Å²) < 4.78 is 5.78. The van der Waals surface area contributed by atoms with E-state index >= 15 is 0 Å². The highest BCUT2D eigenvalue weighted by Crippen LogP contribution is 2.30. The van der Waals surface area contributed by atoms with Gasteiger partial charge in [0.25, 0.3) is 0 Å². The summed E-state index contributed by atoms with van der Waals surface area (Å²) in [7, 11) is 1.65. The van der Waals surface area contributed by atoms with Crippen molar-refractivity contribution < 1.29 is 4.74 Å². The first-order valence-corrected chi connectivity index (χ1v) is 9.87. The topological polar surface area (TPSA) is 88.1 Å². The third-order valence-corrected chi connectivity index (χ3v) is 5.27. The standard InChI is InChI=1S/C23H25N5O/c1-29-22(17-6-5-7-18(14-17)28-12-3-2-4-13-28)19-15-16(8-9-20(19)24)21-10-11-26-23(25)27-21/h5-11,14-15,24H,2-4,12-13H2,1H3,(H2,25,26,27)/b22-19-,24-20?. The van der Waals surface area contributed by atoms with Gasteiger partial charge in [-0.2, -0.15) is 0 Å². The first kappa shape index (κ1) is 18.9. The van der Waals surface area contributed by atoms with Gasteiger partial charge < -0.3 is 20.8 Å². The van der Waals surface area contributed by atoms with Crippen molar-refractivity contribution in [2.45, 2.75) is 19.3 Å². The minimum atomic E-state index is 0.226. The fraction of sp³-hybridized carbons (Fsp3) is 0.261. The second-order valence-electron chi connectivity index (χ2n) is 7.19. The Hall–Kier alpha value is -3.41. The number of hydrogen-bond acceptors (Lipinski definition) is 6. The van der Waals surface area contributed by atoms with E-state index in [1.807, 2.05) is 24.3 Å². The van der Waals surface area contributed by atoms with Gasteiger partial charge in [-0.05, 0) is 49.6 Å². The van der Waals surface area contributed by atoms with Crippen LogP contribution in [-0.4, -0.2) is 35.9 Å². The van der Waals surface area contributed by atoms with Gasteiger partial charge in [0.2, 0.25) is 5.95 Å². The van der Waals surface area contributed by atoms with E-state index in [-0.39, 0.29) is 5.95 Å². The number of benzene rings is 1. The average Bonchev–Trinajstić information content (AvgIpc) is 2.76. The molecule has 1 aromatic carbocycles. The van der Waals surface area contributed by atoms with Crippen LogP contribution in [0.2, 0.25) is 0 Å². The van der Waals surface area contributed by atoms with Gasteiger partial charge in [0.05, 0.1) is 18.5 Å². The van der Waals surface area contributed by atoms with Crippen LogP contribution in [0.15, 0.2) is 60.3 Å². The molecule has 0 atom stereocenters. The lowest BCUT2D eigenvalue weighted by molar-refractivity contribution is 0.369. The molecule has 0 amide bonds. The quantitative estimate of drug-likeness (QED) is 0.772. The number of hydrogen-bond donors (Lipinski definition) is 2. The fourth-order valence-corrected chi connectivity index (χ4v) is 3.81. The van der Waals surface area contributed by atoms with Gasteiger partial charge in [-0.3, -0.25) is 0 Å². The summed E-state index contributed by atoms with van der Waals surface area (Å²) in [5, 5.41) is 8.44. The molecule has 2 aromatic rings. The van der Waals surface area contributed by atoms with Crippen LogP contribution in [0.25, 0.3) is 11.3 Å². The summed E-state index contributed by atoms with van der Waals surface area (Å²) >= 11 is 0. The highest BCUT2D eigenvalue weighted by Gasteiger charge is 2.18.